The van der Waals surface area contributed by atoms with Gasteiger partial charge in [0.15, 0.2) is 0 Å². The second-order valence-electron chi connectivity index (χ2n) is 10.3. The minimum Gasteiger partial charge on any atom is -0.490 e. The monoisotopic (exact) mass is 544 g/mol. The van der Waals surface area contributed by atoms with E-state index in [0.29, 0.717) is 31.9 Å². The number of nitro benzene ring substituents is 1. The molecule has 4 rings (SSSR count). The molecule has 0 N–H and O–H groups in total. The van der Waals surface area contributed by atoms with Gasteiger partial charge in [-0.2, -0.15) is 0 Å². The van der Waals surface area contributed by atoms with Gasteiger partial charge < -0.3 is 19.3 Å². The van der Waals surface area contributed by atoms with Crippen LogP contribution in [0.1, 0.15) is 33.1 Å². The molecule has 0 spiro atoms. The summed E-state index contributed by atoms with van der Waals surface area (Å²) in [4.78, 5) is 30.4. The highest BCUT2D eigenvalue weighted by Gasteiger charge is 2.26. The highest BCUT2D eigenvalue weighted by atomic mass is 35.5. The van der Waals surface area contributed by atoms with Crippen molar-refractivity contribution in [1.29, 1.82) is 0 Å². The number of hydrogen-bond donors (Lipinski definition) is 0. The van der Waals surface area contributed by atoms with Gasteiger partial charge in [-0.3, -0.25) is 19.8 Å². The molecule has 2 aliphatic rings. The Bertz CT molecular complexity index is 1080. The van der Waals surface area contributed by atoms with Crippen molar-refractivity contribution in [3.63, 3.8) is 0 Å². The van der Waals surface area contributed by atoms with Crippen LogP contribution in [0.4, 0.5) is 11.4 Å². The molecule has 0 aliphatic carbocycles. The van der Waals surface area contributed by atoms with Crippen molar-refractivity contribution in [2.45, 2.75) is 39.2 Å². The molecule has 0 saturated carbocycles. The molecule has 0 unspecified atom stereocenters. The number of piperazine rings is 1. The van der Waals surface area contributed by atoms with Crippen molar-refractivity contribution in [3.05, 3.63) is 57.6 Å². The lowest BCUT2D eigenvalue weighted by atomic mass is 10.1. The molecule has 10 heteroatoms. The number of likely N-dealkylation sites (tertiary alicyclic amines) is 1. The van der Waals surface area contributed by atoms with Gasteiger partial charge in [0.1, 0.15) is 11.9 Å². The SMILES string of the molecule is CC(C)COc1cc(OC2CCN(C(=O)CCN3CCN(c4ccc(Cl)cc4)CC3)CC2)ccc1[N+](=O)[O-]. The zero-order valence-corrected chi connectivity index (χ0v) is 22.9. The van der Waals surface area contributed by atoms with E-state index in [1.807, 2.05) is 30.9 Å². The van der Waals surface area contributed by atoms with Gasteiger partial charge >= 0.3 is 5.69 Å². The van der Waals surface area contributed by atoms with Gasteiger partial charge in [0.05, 0.1) is 11.5 Å². The molecule has 0 aromatic heterocycles. The van der Waals surface area contributed by atoms with Crippen molar-refractivity contribution in [3.8, 4) is 11.5 Å². The Kier molecular flexibility index (Phi) is 9.69. The van der Waals surface area contributed by atoms with Crippen LogP contribution in [0.15, 0.2) is 42.5 Å². The van der Waals surface area contributed by atoms with Crippen molar-refractivity contribution in [1.82, 2.24) is 9.80 Å². The number of hydrogen-bond acceptors (Lipinski definition) is 7. The maximum Gasteiger partial charge on any atom is 0.311 e. The number of ether oxygens (including phenoxy) is 2. The summed E-state index contributed by atoms with van der Waals surface area (Å²) in [5.74, 6) is 1.21. The molecule has 0 radical (unpaired) electrons. The summed E-state index contributed by atoms with van der Waals surface area (Å²) in [6.45, 7) is 10.2. The van der Waals surface area contributed by atoms with Crippen LogP contribution < -0.4 is 14.4 Å². The molecule has 2 heterocycles. The zero-order chi connectivity index (χ0) is 27.1. The number of anilines is 1. The Morgan fingerprint density at radius 1 is 1.05 bits per heavy atom. The van der Waals surface area contributed by atoms with E-state index in [-0.39, 0.29) is 29.4 Å². The third-order valence-electron chi connectivity index (χ3n) is 7.00. The summed E-state index contributed by atoms with van der Waals surface area (Å²) in [6, 6.07) is 12.6. The van der Waals surface area contributed by atoms with Crippen LogP contribution in [0.2, 0.25) is 5.02 Å². The molecule has 206 valence electrons. The standard InChI is InChI=1S/C28H37ClN4O5/c1-21(2)20-37-27-19-25(7-8-26(27)33(35)36)38-24-9-13-32(14-10-24)28(34)11-12-30-15-17-31(18-16-30)23-5-3-22(29)4-6-23/h3-8,19,21,24H,9-18,20H2,1-2H3. The average Bonchev–Trinajstić information content (AvgIpc) is 2.91. The Hall–Kier alpha value is -3.04. The lowest BCUT2D eigenvalue weighted by Crippen LogP contribution is -2.48. The summed E-state index contributed by atoms with van der Waals surface area (Å²) in [7, 11) is 0. The van der Waals surface area contributed by atoms with Gasteiger partial charge in [0.25, 0.3) is 0 Å². The van der Waals surface area contributed by atoms with Crippen molar-refractivity contribution in [2.75, 3.05) is 57.3 Å². The van der Waals surface area contributed by atoms with Gasteiger partial charge in [-0.1, -0.05) is 25.4 Å². The van der Waals surface area contributed by atoms with Crippen LogP contribution in [0.3, 0.4) is 0 Å². The maximum atomic E-state index is 12.9. The first-order chi connectivity index (χ1) is 18.3. The van der Waals surface area contributed by atoms with E-state index >= 15 is 0 Å². The predicted molar refractivity (Wildman–Crippen MR) is 148 cm³/mol. The normalized spacial score (nSPS) is 17.1. The number of amides is 1. The van der Waals surface area contributed by atoms with Gasteiger partial charge in [-0.25, -0.2) is 0 Å². The number of nitro groups is 1. The molecule has 38 heavy (non-hydrogen) atoms. The number of piperidine rings is 1. The van der Waals surface area contributed by atoms with Crippen LogP contribution >= 0.6 is 11.6 Å². The highest BCUT2D eigenvalue weighted by molar-refractivity contribution is 6.30. The fraction of sp³-hybridized carbons (Fsp3) is 0.536. The average molecular weight is 545 g/mol. The van der Waals surface area contributed by atoms with E-state index in [1.165, 1.54) is 11.8 Å². The van der Waals surface area contributed by atoms with Crippen molar-refractivity contribution >= 4 is 28.9 Å². The molecule has 0 atom stereocenters. The Morgan fingerprint density at radius 2 is 1.74 bits per heavy atom. The van der Waals surface area contributed by atoms with Gasteiger partial charge in [0, 0.05) is 87.9 Å². The van der Waals surface area contributed by atoms with Gasteiger partial charge in [-0.15, -0.1) is 0 Å². The molecule has 1 amide bonds. The topological polar surface area (TPSA) is 88.4 Å². The van der Waals surface area contributed by atoms with E-state index in [0.717, 1.165) is 50.6 Å². The second-order valence-corrected chi connectivity index (χ2v) is 10.8. The highest BCUT2D eigenvalue weighted by Crippen LogP contribution is 2.33. The first-order valence-corrected chi connectivity index (χ1v) is 13.7. The quantitative estimate of drug-likeness (QED) is 0.311. The van der Waals surface area contributed by atoms with Gasteiger partial charge in [-0.05, 0) is 36.2 Å². The summed E-state index contributed by atoms with van der Waals surface area (Å²) < 4.78 is 11.8. The van der Waals surface area contributed by atoms with Gasteiger partial charge in [0.2, 0.25) is 11.7 Å². The Morgan fingerprint density at radius 3 is 2.37 bits per heavy atom. The summed E-state index contributed by atoms with van der Waals surface area (Å²) in [6.07, 6.45) is 1.93. The Labute approximate surface area is 229 Å². The van der Waals surface area contributed by atoms with E-state index in [4.69, 9.17) is 21.1 Å². The first kappa shape index (κ1) is 28.0. The zero-order valence-electron chi connectivity index (χ0n) is 22.2. The summed E-state index contributed by atoms with van der Waals surface area (Å²) in [5.41, 5.74) is 1.12. The Balaban J connectivity index is 1.19. The molecule has 9 nitrogen and oxygen atoms in total. The molecule has 0 bridgehead atoms. The lowest BCUT2D eigenvalue weighted by molar-refractivity contribution is -0.385. The lowest BCUT2D eigenvalue weighted by Gasteiger charge is -2.37. The maximum absolute atomic E-state index is 12.9. The van der Waals surface area contributed by atoms with Crippen LogP contribution in [0.5, 0.6) is 11.5 Å². The molecular formula is C28H37ClN4O5. The number of rotatable bonds is 10. The molecular weight excluding hydrogens is 508 g/mol. The largest absolute Gasteiger partial charge is 0.490 e. The number of halogens is 1. The smallest absolute Gasteiger partial charge is 0.311 e. The third-order valence-corrected chi connectivity index (χ3v) is 7.26. The molecule has 2 aromatic rings. The molecule has 2 aromatic carbocycles. The minimum atomic E-state index is -0.441. The van der Waals surface area contributed by atoms with Crippen LogP contribution in [-0.2, 0) is 4.79 Å². The number of carbonyl (C=O) groups is 1. The fourth-order valence-electron chi connectivity index (χ4n) is 4.80. The number of benzene rings is 2. The van der Waals surface area contributed by atoms with Crippen LogP contribution in [0, 0.1) is 16.0 Å². The van der Waals surface area contributed by atoms with Crippen molar-refractivity contribution in [2.24, 2.45) is 5.92 Å². The van der Waals surface area contributed by atoms with E-state index < -0.39 is 4.92 Å². The van der Waals surface area contributed by atoms with E-state index in [9.17, 15) is 14.9 Å². The summed E-state index contributed by atoms with van der Waals surface area (Å²) in [5, 5.41) is 12.1. The van der Waals surface area contributed by atoms with E-state index in [1.54, 1.807) is 12.1 Å². The molecule has 2 saturated heterocycles. The van der Waals surface area contributed by atoms with E-state index in [2.05, 4.69) is 21.9 Å². The van der Waals surface area contributed by atoms with Crippen molar-refractivity contribution < 1.29 is 19.2 Å². The summed E-state index contributed by atoms with van der Waals surface area (Å²) >= 11 is 6.00. The third kappa shape index (κ3) is 7.74. The number of carbonyl (C=O) groups excluding carboxylic acids is 1. The minimum absolute atomic E-state index is 0.0422. The van der Waals surface area contributed by atoms with Crippen LogP contribution in [0.25, 0.3) is 0 Å². The number of nitrogens with zero attached hydrogens (tertiary/aromatic N) is 4. The fourth-order valence-corrected chi connectivity index (χ4v) is 4.93. The second kappa shape index (κ2) is 13.2. The predicted octanol–water partition coefficient (Wildman–Crippen LogP) is 4.87. The van der Waals surface area contributed by atoms with Crippen LogP contribution in [-0.4, -0.2) is 79.2 Å². The first-order valence-electron chi connectivity index (χ1n) is 13.4. The molecule has 2 aliphatic heterocycles. The molecule has 2 fully saturated rings.